The molecule has 0 radical (unpaired) electrons. The van der Waals surface area contributed by atoms with Gasteiger partial charge in [0.25, 0.3) is 0 Å². The Morgan fingerprint density at radius 1 is 1.24 bits per heavy atom. The molecule has 1 aliphatic rings. The summed E-state index contributed by atoms with van der Waals surface area (Å²) in [6.45, 7) is 4.28. The molecule has 1 saturated carbocycles. The number of nitrogens with one attached hydrogen (secondary N) is 1. The van der Waals surface area contributed by atoms with Gasteiger partial charge in [-0.3, -0.25) is 9.69 Å². The molecular weight excluding hydrogens is 260 g/mol. The Hall–Kier alpha value is -1.35. The van der Waals surface area contributed by atoms with Crippen LogP contribution in [0.5, 0.6) is 0 Å². The molecule has 3 unspecified atom stereocenters. The molecule has 0 aromatic heterocycles. The van der Waals surface area contributed by atoms with Crippen LogP contribution in [0.2, 0.25) is 0 Å². The molecule has 1 aromatic carbocycles. The molecule has 1 fully saturated rings. The van der Waals surface area contributed by atoms with Crippen LogP contribution >= 0.6 is 0 Å². The Kier molecular flexibility index (Phi) is 5.04. The number of rotatable bonds is 4. The largest absolute Gasteiger partial charge is 0.351 e. The van der Waals surface area contributed by atoms with Crippen LogP contribution in [0.1, 0.15) is 45.1 Å². The lowest BCUT2D eigenvalue weighted by Gasteiger charge is -2.38. The van der Waals surface area contributed by atoms with Gasteiger partial charge >= 0.3 is 0 Å². The molecule has 0 aliphatic heterocycles. The predicted octanol–water partition coefficient (Wildman–Crippen LogP) is 3.16. The van der Waals surface area contributed by atoms with E-state index in [4.69, 9.17) is 0 Å². The zero-order valence-corrected chi connectivity index (χ0v) is 13.7. The second-order valence-electron chi connectivity index (χ2n) is 6.77. The number of hydrogen-bond acceptors (Lipinski definition) is 2. The number of likely N-dealkylation sites (N-methyl/N-ethyl adjacent to an activating group) is 1. The van der Waals surface area contributed by atoms with Crippen molar-refractivity contribution in [1.29, 1.82) is 0 Å². The van der Waals surface area contributed by atoms with Gasteiger partial charge in [0, 0.05) is 6.04 Å². The molecule has 0 saturated heterocycles. The highest BCUT2D eigenvalue weighted by Gasteiger charge is 2.38. The lowest BCUT2D eigenvalue weighted by molar-refractivity contribution is -0.132. The molecule has 1 aromatic rings. The molecule has 3 atom stereocenters. The van der Waals surface area contributed by atoms with Crippen LogP contribution in [0.15, 0.2) is 30.3 Å². The SMILES string of the molecule is CC1CCCC(NC(=O)C(C)(c2ccccc2)N(C)C)C1. The number of amides is 1. The van der Waals surface area contributed by atoms with Crippen molar-refractivity contribution in [3.63, 3.8) is 0 Å². The second kappa shape index (κ2) is 6.61. The third kappa shape index (κ3) is 3.46. The van der Waals surface area contributed by atoms with Gasteiger partial charge in [-0.15, -0.1) is 0 Å². The van der Waals surface area contributed by atoms with Gasteiger partial charge < -0.3 is 5.32 Å². The Balaban J connectivity index is 2.16. The summed E-state index contributed by atoms with van der Waals surface area (Å²) in [4.78, 5) is 14.9. The van der Waals surface area contributed by atoms with E-state index in [0.717, 1.165) is 18.4 Å². The van der Waals surface area contributed by atoms with E-state index in [2.05, 4.69) is 12.2 Å². The van der Waals surface area contributed by atoms with E-state index in [9.17, 15) is 4.79 Å². The first-order chi connectivity index (χ1) is 9.94. The summed E-state index contributed by atoms with van der Waals surface area (Å²) in [7, 11) is 3.94. The summed E-state index contributed by atoms with van der Waals surface area (Å²) >= 11 is 0. The minimum absolute atomic E-state index is 0.109. The van der Waals surface area contributed by atoms with Gasteiger partial charge in [-0.1, -0.05) is 50.1 Å². The predicted molar refractivity (Wildman–Crippen MR) is 87.0 cm³/mol. The molecule has 0 heterocycles. The van der Waals surface area contributed by atoms with Gasteiger partial charge in [-0.2, -0.15) is 0 Å². The molecule has 1 amide bonds. The van der Waals surface area contributed by atoms with Crippen LogP contribution in [0.25, 0.3) is 0 Å². The number of nitrogens with zero attached hydrogens (tertiary/aromatic N) is 1. The highest BCUT2D eigenvalue weighted by atomic mass is 16.2. The van der Waals surface area contributed by atoms with Gasteiger partial charge in [0.1, 0.15) is 5.54 Å². The van der Waals surface area contributed by atoms with Crippen molar-refractivity contribution in [2.45, 2.75) is 51.1 Å². The van der Waals surface area contributed by atoms with Crippen LogP contribution in [0.4, 0.5) is 0 Å². The first-order valence-electron chi connectivity index (χ1n) is 7.98. The van der Waals surface area contributed by atoms with Crippen molar-refractivity contribution in [3.8, 4) is 0 Å². The van der Waals surface area contributed by atoms with E-state index in [-0.39, 0.29) is 5.91 Å². The fourth-order valence-electron chi connectivity index (χ4n) is 3.25. The van der Waals surface area contributed by atoms with Crippen molar-refractivity contribution in [2.24, 2.45) is 5.92 Å². The number of benzene rings is 1. The fraction of sp³-hybridized carbons (Fsp3) is 0.611. The minimum atomic E-state index is -0.623. The maximum Gasteiger partial charge on any atom is 0.245 e. The molecule has 21 heavy (non-hydrogen) atoms. The van der Waals surface area contributed by atoms with Crippen molar-refractivity contribution in [1.82, 2.24) is 10.2 Å². The summed E-state index contributed by atoms with van der Waals surface area (Å²) < 4.78 is 0. The summed E-state index contributed by atoms with van der Waals surface area (Å²) in [5, 5.41) is 3.29. The Morgan fingerprint density at radius 2 is 1.90 bits per heavy atom. The first-order valence-corrected chi connectivity index (χ1v) is 7.98. The van der Waals surface area contributed by atoms with Gasteiger partial charge in [-0.25, -0.2) is 0 Å². The van der Waals surface area contributed by atoms with Crippen molar-refractivity contribution >= 4 is 5.91 Å². The number of carbonyl (C=O) groups is 1. The highest BCUT2D eigenvalue weighted by molar-refractivity contribution is 5.87. The molecule has 3 nitrogen and oxygen atoms in total. The Bertz CT molecular complexity index is 471. The standard InChI is InChI=1S/C18H28N2O/c1-14-9-8-12-16(13-14)19-17(21)18(2,20(3)4)15-10-6-5-7-11-15/h5-7,10-11,14,16H,8-9,12-13H2,1-4H3,(H,19,21). The van der Waals surface area contributed by atoms with Crippen LogP contribution in [-0.2, 0) is 10.3 Å². The average molecular weight is 288 g/mol. The average Bonchev–Trinajstić information content (AvgIpc) is 2.47. The van der Waals surface area contributed by atoms with Crippen molar-refractivity contribution in [3.05, 3.63) is 35.9 Å². The molecule has 2 rings (SSSR count). The summed E-state index contributed by atoms with van der Waals surface area (Å²) in [5.41, 5.74) is 0.415. The van der Waals surface area contributed by atoms with Gasteiger partial charge in [-0.05, 0) is 45.3 Å². The van der Waals surface area contributed by atoms with Crippen LogP contribution in [-0.4, -0.2) is 30.9 Å². The van der Waals surface area contributed by atoms with Crippen LogP contribution in [0.3, 0.4) is 0 Å². The van der Waals surface area contributed by atoms with Crippen LogP contribution in [0, 0.1) is 5.92 Å². The quantitative estimate of drug-likeness (QED) is 0.923. The monoisotopic (exact) mass is 288 g/mol. The second-order valence-corrected chi connectivity index (χ2v) is 6.77. The van der Waals surface area contributed by atoms with E-state index >= 15 is 0 Å². The van der Waals surface area contributed by atoms with E-state index < -0.39 is 5.54 Å². The van der Waals surface area contributed by atoms with Crippen molar-refractivity contribution in [2.75, 3.05) is 14.1 Å². The third-order valence-corrected chi connectivity index (χ3v) is 4.94. The van der Waals surface area contributed by atoms with Gasteiger partial charge in [0.2, 0.25) is 5.91 Å². The maximum absolute atomic E-state index is 12.9. The van der Waals surface area contributed by atoms with Crippen molar-refractivity contribution < 1.29 is 4.79 Å². The van der Waals surface area contributed by atoms with Gasteiger partial charge in [0.05, 0.1) is 0 Å². The fourth-order valence-corrected chi connectivity index (χ4v) is 3.25. The molecule has 1 aliphatic carbocycles. The molecule has 0 spiro atoms. The molecule has 0 bridgehead atoms. The third-order valence-electron chi connectivity index (χ3n) is 4.94. The molecule has 1 N–H and O–H groups in total. The lowest BCUT2D eigenvalue weighted by atomic mass is 9.85. The van der Waals surface area contributed by atoms with Crippen LogP contribution < -0.4 is 5.32 Å². The Morgan fingerprint density at radius 3 is 2.48 bits per heavy atom. The zero-order chi connectivity index (χ0) is 15.5. The lowest BCUT2D eigenvalue weighted by Crippen LogP contribution is -2.54. The van der Waals surface area contributed by atoms with E-state index in [0.29, 0.717) is 12.0 Å². The Labute approximate surface area is 128 Å². The van der Waals surface area contributed by atoms with Gasteiger partial charge in [0.15, 0.2) is 0 Å². The molecular formula is C18H28N2O. The molecule has 116 valence electrons. The normalized spacial score (nSPS) is 25.4. The maximum atomic E-state index is 12.9. The highest BCUT2D eigenvalue weighted by Crippen LogP contribution is 2.28. The minimum Gasteiger partial charge on any atom is -0.351 e. The summed E-state index contributed by atoms with van der Waals surface area (Å²) in [6.07, 6.45) is 4.71. The zero-order valence-electron chi connectivity index (χ0n) is 13.7. The number of hydrogen-bond donors (Lipinski definition) is 1. The van der Waals surface area contributed by atoms with E-state index in [1.165, 1.54) is 12.8 Å². The topological polar surface area (TPSA) is 32.3 Å². The van der Waals surface area contributed by atoms with E-state index in [1.54, 1.807) is 0 Å². The first kappa shape index (κ1) is 16.0. The van der Waals surface area contributed by atoms with E-state index in [1.807, 2.05) is 56.3 Å². The molecule has 3 heteroatoms. The smallest absolute Gasteiger partial charge is 0.245 e. The number of carbonyl (C=O) groups excluding carboxylic acids is 1. The summed E-state index contributed by atoms with van der Waals surface area (Å²) in [6, 6.07) is 10.4. The summed E-state index contributed by atoms with van der Waals surface area (Å²) in [5.74, 6) is 0.823.